The molecule has 24 heavy (non-hydrogen) atoms. The summed E-state index contributed by atoms with van der Waals surface area (Å²) in [5, 5.41) is 3.59. The molecule has 0 spiro atoms. The van der Waals surface area contributed by atoms with Gasteiger partial charge in [0.15, 0.2) is 0 Å². The lowest BCUT2D eigenvalue weighted by atomic mass is 9.90. The van der Waals surface area contributed by atoms with E-state index in [4.69, 9.17) is 11.6 Å². The van der Waals surface area contributed by atoms with Crippen molar-refractivity contribution in [1.82, 2.24) is 10.2 Å². The maximum atomic E-state index is 12.7. The minimum Gasteiger partial charge on any atom is -0.355 e. The van der Waals surface area contributed by atoms with Crippen LogP contribution in [-0.2, 0) is 16.0 Å². The molecule has 1 aliphatic heterocycles. The highest BCUT2D eigenvalue weighted by atomic mass is 35.5. The number of hydrogen-bond acceptors (Lipinski definition) is 2. The SMILES string of the molecule is CC(C)(C(=O)NCCc1cccc(Cl)c1)C(=O)N1CCCCCC1. The Bertz CT molecular complexity index is 578. The van der Waals surface area contributed by atoms with Crippen molar-refractivity contribution in [2.45, 2.75) is 46.0 Å². The molecule has 1 N–H and O–H groups in total. The molecule has 4 nitrogen and oxygen atoms in total. The van der Waals surface area contributed by atoms with E-state index >= 15 is 0 Å². The van der Waals surface area contributed by atoms with Crippen LogP contribution < -0.4 is 5.32 Å². The fourth-order valence-corrected chi connectivity index (χ4v) is 3.21. The summed E-state index contributed by atoms with van der Waals surface area (Å²) in [4.78, 5) is 27.1. The molecule has 5 heteroatoms. The van der Waals surface area contributed by atoms with Crippen LogP contribution in [-0.4, -0.2) is 36.3 Å². The van der Waals surface area contributed by atoms with E-state index < -0.39 is 5.41 Å². The van der Waals surface area contributed by atoms with Gasteiger partial charge in [-0.3, -0.25) is 9.59 Å². The van der Waals surface area contributed by atoms with Crippen LogP contribution in [0.2, 0.25) is 5.02 Å². The number of carbonyl (C=O) groups is 2. The molecule has 0 bridgehead atoms. The van der Waals surface area contributed by atoms with Crippen LogP contribution >= 0.6 is 11.6 Å². The van der Waals surface area contributed by atoms with Gasteiger partial charge in [0.2, 0.25) is 11.8 Å². The summed E-state index contributed by atoms with van der Waals surface area (Å²) in [6, 6.07) is 7.59. The Kier molecular flexibility index (Phi) is 6.67. The number of rotatable bonds is 5. The molecule has 0 saturated carbocycles. The minimum atomic E-state index is -1.03. The monoisotopic (exact) mass is 350 g/mol. The first-order valence-electron chi connectivity index (χ1n) is 8.73. The number of hydrogen-bond donors (Lipinski definition) is 1. The summed E-state index contributed by atoms with van der Waals surface area (Å²) in [5.74, 6) is -0.275. The standard InChI is InChI=1S/C19H27ClN2O2/c1-19(2,18(24)22-12-5-3-4-6-13-22)17(23)21-11-10-15-8-7-9-16(20)14-15/h7-9,14H,3-6,10-13H2,1-2H3,(H,21,23). The third-order valence-electron chi connectivity index (χ3n) is 4.58. The van der Waals surface area contributed by atoms with Crippen molar-refractivity contribution in [2.75, 3.05) is 19.6 Å². The number of carbonyl (C=O) groups excluding carboxylic acids is 2. The second kappa shape index (κ2) is 8.52. The van der Waals surface area contributed by atoms with Gasteiger partial charge in [-0.25, -0.2) is 0 Å². The number of likely N-dealkylation sites (tertiary alicyclic amines) is 1. The van der Waals surface area contributed by atoms with Crippen molar-refractivity contribution in [2.24, 2.45) is 5.41 Å². The van der Waals surface area contributed by atoms with Crippen molar-refractivity contribution >= 4 is 23.4 Å². The zero-order valence-corrected chi connectivity index (χ0v) is 15.4. The molecule has 0 atom stereocenters. The first-order chi connectivity index (χ1) is 11.4. The summed E-state index contributed by atoms with van der Waals surface area (Å²) in [5.41, 5.74) is 0.0398. The Morgan fingerprint density at radius 2 is 1.83 bits per heavy atom. The van der Waals surface area contributed by atoms with Crippen LogP contribution in [0.15, 0.2) is 24.3 Å². The number of benzene rings is 1. The van der Waals surface area contributed by atoms with E-state index in [1.807, 2.05) is 29.2 Å². The van der Waals surface area contributed by atoms with E-state index in [-0.39, 0.29) is 11.8 Å². The molecule has 1 saturated heterocycles. The summed E-state index contributed by atoms with van der Waals surface area (Å²) in [6.07, 6.45) is 5.07. The van der Waals surface area contributed by atoms with Gasteiger partial charge in [0, 0.05) is 24.7 Å². The molecule has 1 heterocycles. The van der Waals surface area contributed by atoms with Gasteiger partial charge in [0.25, 0.3) is 0 Å². The fraction of sp³-hybridized carbons (Fsp3) is 0.579. The van der Waals surface area contributed by atoms with Gasteiger partial charge in [-0.1, -0.05) is 36.6 Å². The summed E-state index contributed by atoms with van der Waals surface area (Å²) < 4.78 is 0. The van der Waals surface area contributed by atoms with Crippen LogP contribution in [0.3, 0.4) is 0 Å². The van der Waals surface area contributed by atoms with E-state index in [0.29, 0.717) is 18.0 Å². The van der Waals surface area contributed by atoms with Crippen LogP contribution in [0.1, 0.15) is 45.1 Å². The summed E-state index contributed by atoms with van der Waals surface area (Å²) in [7, 11) is 0. The normalized spacial score (nSPS) is 15.7. The molecule has 0 radical (unpaired) electrons. The number of halogens is 1. The zero-order chi connectivity index (χ0) is 17.6. The van der Waals surface area contributed by atoms with Crippen molar-refractivity contribution in [3.63, 3.8) is 0 Å². The molecule has 2 rings (SSSR count). The molecular weight excluding hydrogens is 324 g/mol. The Morgan fingerprint density at radius 1 is 1.17 bits per heavy atom. The van der Waals surface area contributed by atoms with Crippen LogP contribution in [0.4, 0.5) is 0 Å². The van der Waals surface area contributed by atoms with E-state index in [1.54, 1.807) is 13.8 Å². The summed E-state index contributed by atoms with van der Waals surface area (Å²) in [6.45, 7) is 5.45. The van der Waals surface area contributed by atoms with Crippen molar-refractivity contribution < 1.29 is 9.59 Å². The van der Waals surface area contributed by atoms with Crippen LogP contribution in [0, 0.1) is 5.41 Å². The van der Waals surface area contributed by atoms with E-state index in [2.05, 4.69) is 5.32 Å². The lowest BCUT2D eigenvalue weighted by Gasteiger charge is -2.30. The maximum absolute atomic E-state index is 12.7. The zero-order valence-electron chi connectivity index (χ0n) is 14.6. The second-order valence-corrected chi connectivity index (χ2v) is 7.40. The van der Waals surface area contributed by atoms with E-state index in [9.17, 15) is 9.59 Å². The molecule has 1 aromatic carbocycles. The molecule has 2 amide bonds. The number of amides is 2. The molecule has 132 valence electrons. The Morgan fingerprint density at radius 3 is 2.46 bits per heavy atom. The van der Waals surface area contributed by atoms with Gasteiger partial charge >= 0.3 is 0 Å². The third kappa shape index (κ3) is 4.97. The first kappa shape index (κ1) is 18.8. The number of nitrogens with one attached hydrogen (secondary N) is 1. The molecule has 1 fully saturated rings. The highest BCUT2D eigenvalue weighted by Crippen LogP contribution is 2.22. The Hall–Kier alpha value is -1.55. The van der Waals surface area contributed by atoms with Crippen molar-refractivity contribution in [3.8, 4) is 0 Å². The topological polar surface area (TPSA) is 49.4 Å². The van der Waals surface area contributed by atoms with Gasteiger partial charge in [0.05, 0.1) is 0 Å². The largest absolute Gasteiger partial charge is 0.355 e. The van der Waals surface area contributed by atoms with Gasteiger partial charge in [0.1, 0.15) is 5.41 Å². The Labute approximate surface area is 149 Å². The van der Waals surface area contributed by atoms with E-state index in [1.165, 1.54) is 0 Å². The predicted octanol–water partition coefficient (Wildman–Crippen LogP) is 3.43. The highest BCUT2D eigenvalue weighted by Gasteiger charge is 2.38. The van der Waals surface area contributed by atoms with Crippen LogP contribution in [0.5, 0.6) is 0 Å². The Balaban J connectivity index is 1.88. The fourth-order valence-electron chi connectivity index (χ4n) is 3.00. The lowest BCUT2D eigenvalue weighted by Crippen LogP contribution is -2.50. The predicted molar refractivity (Wildman–Crippen MR) is 97.0 cm³/mol. The molecule has 1 aromatic rings. The van der Waals surface area contributed by atoms with Gasteiger partial charge in [-0.2, -0.15) is 0 Å². The molecule has 1 aliphatic rings. The third-order valence-corrected chi connectivity index (χ3v) is 4.82. The highest BCUT2D eigenvalue weighted by molar-refractivity contribution is 6.30. The van der Waals surface area contributed by atoms with E-state index in [0.717, 1.165) is 44.3 Å². The van der Waals surface area contributed by atoms with Crippen molar-refractivity contribution in [3.05, 3.63) is 34.9 Å². The van der Waals surface area contributed by atoms with Gasteiger partial charge in [-0.05, 0) is 50.8 Å². The molecule has 0 unspecified atom stereocenters. The minimum absolute atomic E-state index is 0.0651. The maximum Gasteiger partial charge on any atom is 0.237 e. The first-order valence-corrected chi connectivity index (χ1v) is 9.11. The quantitative estimate of drug-likeness (QED) is 0.827. The summed E-state index contributed by atoms with van der Waals surface area (Å²) >= 11 is 5.96. The van der Waals surface area contributed by atoms with Crippen LogP contribution in [0.25, 0.3) is 0 Å². The second-order valence-electron chi connectivity index (χ2n) is 6.97. The smallest absolute Gasteiger partial charge is 0.237 e. The molecule has 0 aliphatic carbocycles. The average Bonchev–Trinajstić information content (AvgIpc) is 2.83. The molecular formula is C19H27ClN2O2. The van der Waals surface area contributed by atoms with Crippen molar-refractivity contribution in [1.29, 1.82) is 0 Å². The molecule has 0 aromatic heterocycles. The van der Waals surface area contributed by atoms with Gasteiger partial charge in [-0.15, -0.1) is 0 Å². The number of nitrogens with zero attached hydrogens (tertiary/aromatic N) is 1. The van der Waals surface area contributed by atoms with Gasteiger partial charge < -0.3 is 10.2 Å². The lowest BCUT2D eigenvalue weighted by molar-refractivity contribution is -0.148. The average molecular weight is 351 g/mol.